The average molecular weight is 273 g/mol. The fraction of sp³-hybridized carbons (Fsp3) is 0. The summed E-state index contributed by atoms with van der Waals surface area (Å²) in [6.07, 6.45) is 3.28. The molecule has 1 aromatic carbocycles. The zero-order valence-corrected chi connectivity index (χ0v) is 10.5. The second kappa shape index (κ2) is 5.03. The lowest BCUT2D eigenvalue weighted by Gasteiger charge is -1.97. The number of benzene rings is 1. The summed E-state index contributed by atoms with van der Waals surface area (Å²) in [4.78, 5) is 12.4. The predicted molar refractivity (Wildman–Crippen MR) is 72.1 cm³/mol. The molecule has 0 spiro atoms. The van der Waals surface area contributed by atoms with E-state index in [2.05, 4.69) is 30.5 Å². The summed E-state index contributed by atoms with van der Waals surface area (Å²) in [6.45, 7) is 0. The van der Waals surface area contributed by atoms with E-state index in [1.54, 1.807) is 30.6 Å². The number of halogens is 1. The van der Waals surface area contributed by atoms with Crippen molar-refractivity contribution in [2.75, 3.05) is 5.32 Å². The molecule has 0 saturated heterocycles. The van der Waals surface area contributed by atoms with Crippen molar-refractivity contribution in [1.82, 2.24) is 25.1 Å². The first-order valence-electron chi connectivity index (χ1n) is 5.54. The number of aromatic nitrogens is 5. The van der Waals surface area contributed by atoms with Gasteiger partial charge in [-0.1, -0.05) is 11.6 Å². The summed E-state index contributed by atoms with van der Waals surface area (Å²) in [5, 5.41) is 10.5. The molecule has 6 nitrogen and oxygen atoms in total. The zero-order chi connectivity index (χ0) is 13.1. The fourth-order valence-corrected chi connectivity index (χ4v) is 1.64. The molecule has 2 aromatic heterocycles. The molecule has 94 valence electrons. The van der Waals surface area contributed by atoms with Crippen molar-refractivity contribution in [3.63, 3.8) is 0 Å². The van der Waals surface area contributed by atoms with Crippen LogP contribution in [-0.4, -0.2) is 25.1 Å². The van der Waals surface area contributed by atoms with E-state index in [-0.39, 0.29) is 0 Å². The third kappa shape index (κ3) is 2.69. The zero-order valence-electron chi connectivity index (χ0n) is 9.71. The molecule has 0 atom stereocenters. The molecule has 0 aliphatic rings. The van der Waals surface area contributed by atoms with Crippen LogP contribution >= 0.6 is 11.6 Å². The van der Waals surface area contributed by atoms with Gasteiger partial charge in [0.15, 0.2) is 5.82 Å². The molecule has 0 fully saturated rings. The van der Waals surface area contributed by atoms with Crippen LogP contribution in [0.1, 0.15) is 0 Å². The summed E-state index contributed by atoms with van der Waals surface area (Å²) in [7, 11) is 0. The van der Waals surface area contributed by atoms with Gasteiger partial charge in [0, 0.05) is 23.0 Å². The van der Waals surface area contributed by atoms with Gasteiger partial charge in [0.1, 0.15) is 0 Å². The Balaban J connectivity index is 1.82. The van der Waals surface area contributed by atoms with Gasteiger partial charge >= 0.3 is 0 Å². The fourth-order valence-electron chi connectivity index (χ4n) is 1.52. The van der Waals surface area contributed by atoms with Crippen molar-refractivity contribution >= 4 is 23.5 Å². The third-order valence-electron chi connectivity index (χ3n) is 2.39. The Bertz CT molecular complexity index is 664. The highest BCUT2D eigenvalue weighted by molar-refractivity contribution is 6.30. The van der Waals surface area contributed by atoms with E-state index in [4.69, 9.17) is 11.6 Å². The van der Waals surface area contributed by atoms with E-state index in [1.807, 2.05) is 12.1 Å². The molecule has 3 aromatic rings. The lowest BCUT2D eigenvalue weighted by molar-refractivity contribution is 1.08. The molecule has 0 unspecified atom stereocenters. The van der Waals surface area contributed by atoms with Gasteiger partial charge in [-0.15, -0.1) is 5.10 Å². The Hall–Kier alpha value is -2.47. The molecule has 0 radical (unpaired) electrons. The van der Waals surface area contributed by atoms with Crippen LogP contribution in [0.25, 0.3) is 11.4 Å². The van der Waals surface area contributed by atoms with Crippen LogP contribution in [-0.2, 0) is 0 Å². The van der Waals surface area contributed by atoms with E-state index in [9.17, 15) is 0 Å². The molecule has 7 heteroatoms. The quantitative estimate of drug-likeness (QED) is 0.766. The number of H-pyrrole nitrogens is 1. The number of hydrogen-bond acceptors (Lipinski definition) is 5. The van der Waals surface area contributed by atoms with Gasteiger partial charge in [-0.25, -0.2) is 9.97 Å². The second-order valence-corrected chi connectivity index (χ2v) is 4.15. The number of hydrogen-bond donors (Lipinski definition) is 2. The van der Waals surface area contributed by atoms with Gasteiger partial charge in [0.25, 0.3) is 0 Å². The predicted octanol–water partition coefficient (Wildman–Crippen LogP) is 2.66. The van der Waals surface area contributed by atoms with Crippen LogP contribution in [0.2, 0.25) is 5.02 Å². The topological polar surface area (TPSA) is 79.4 Å². The SMILES string of the molecule is Clc1ccc(-c2nc(Nc3ncccn3)n[nH]2)cc1. The molecule has 0 amide bonds. The standard InChI is InChI=1S/C12H9ClN6/c13-9-4-2-8(3-5-9)10-16-12(19-18-10)17-11-14-6-1-7-15-11/h1-7H,(H2,14,15,16,17,18,19). The molecule has 3 rings (SSSR count). The molecule has 2 heterocycles. The van der Waals surface area contributed by atoms with Crippen molar-refractivity contribution < 1.29 is 0 Å². The smallest absolute Gasteiger partial charge is 0.249 e. The Morgan fingerprint density at radius 3 is 2.47 bits per heavy atom. The minimum Gasteiger partial charge on any atom is -0.291 e. The largest absolute Gasteiger partial charge is 0.291 e. The van der Waals surface area contributed by atoms with Crippen molar-refractivity contribution in [2.45, 2.75) is 0 Å². The van der Waals surface area contributed by atoms with Gasteiger partial charge in [-0.3, -0.25) is 10.4 Å². The Morgan fingerprint density at radius 1 is 1.00 bits per heavy atom. The van der Waals surface area contributed by atoms with Crippen molar-refractivity contribution in [3.8, 4) is 11.4 Å². The lowest BCUT2D eigenvalue weighted by atomic mass is 10.2. The first kappa shape index (κ1) is 11.6. The van der Waals surface area contributed by atoms with Gasteiger partial charge in [-0.05, 0) is 30.3 Å². The van der Waals surface area contributed by atoms with Gasteiger partial charge in [-0.2, -0.15) is 4.98 Å². The number of nitrogens with zero attached hydrogens (tertiary/aromatic N) is 4. The van der Waals surface area contributed by atoms with Gasteiger partial charge in [0.2, 0.25) is 11.9 Å². The lowest BCUT2D eigenvalue weighted by Crippen LogP contribution is -1.97. The maximum atomic E-state index is 5.84. The molecular formula is C12H9ClN6. The first-order valence-corrected chi connectivity index (χ1v) is 5.91. The maximum Gasteiger partial charge on any atom is 0.249 e. The van der Waals surface area contributed by atoms with Crippen LogP contribution in [0.3, 0.4) is 0 Å². The molecular weight excluding hydrogens is 264 g/mol. The summed E-state index contributed by atoms with van der Waals surface area (Å²) < 4.78 is 0. The summed E-state index contributed by atoms with van der Waals surface area (Å²) in [5.74, 6) is 1.51. The van der Waals surface area contributed by atoms with Crippen molar-refractivity contribution in [2.24, 2.45) is 0 Å². The van der Waals surface area contributed by atoms with Crippen LogP contribution in [0, 0.1) is 0 Å². The van der Waals surface area contributed by atoms with Gasteiger partial charge < -0.3 is 0 Å². The molecule has 0 aliphatic heterocycles. The van der Waals surface area contributed by atoms with E-state index >= 15 is 0 Å². The normalized spacial score (nSPS) is 10.4. The summed E-state index contributed by atoms with van der Waals surface area (Å²) in [6, 6.07) is 9.07. The number of rotatable bonds is 3. The summed E-state index contributed by atoms with van der Waals surface area (Å²) >= 11 is 5.84. The average Bonchev–Trinajstić information content (AvgIpc) is 2.89. The number of nitrogens with one attached hydrogen (secondary N) is 2. The van der Waals surface area contributed by atoms with Crippen LogP contribution in [0.5, 0.6) is 0 Å². The summed E-state index contributed by atoms with van der Waals surface area (Å²) in [5.41, 5.74) is 0.902. The molecule has 19 heavy (non-hydrogen) atoms. The Morgan fingerprint density at radius 2 is 1.74 bits per heavy atom. The monoisotopic (exact) mass is 272 g/mol. The van der Waals surface area contributed by atoms with E-state index in [1.165, 1.54) is 0 Å². The van der Waals surface area contributed by atoms with Crippen LogP contribution in [0.15, 0.2) is 42.7 Å². The minimum absolute atomic E-state index is 0.413. The number of anilines is 2. The Kier molecular flexibility index (Phi) is 3.07. The maximum absolute atomic E-state index is 5.84. The van der Waals surface area contributed by atoms with E-state index in [0.29, 0.717) is 22.7 Å². The molecule has 0 bridgehead atoms. The van der Waals surface area contributed by atoms with Crippen LogP contribution in [0.4, 0.5) is 11.9 Å². The van der Waals surface area contributed by atoms with Crippen molar-refractivity contribution in [3.05, 3.63) is 47.7 Å². The molecule has 0 aliphatic carbocycles. The third-order valence-corrected chi connectivity index (χ3v) is 2.64. The van der Waals surface area contributed by atoms with Crippen LogP contribution < -0.4 is 5.32 Å². The highest BCUT2D eigenvalue weighted by atomic mass is 35.5. The minimum atomic E-state index is 0.413. The second-order valence-electron chi connectivity index (χ2n) is 3.71. The Labute approximate surface area is 113 Å². The highest BCUT2D eigenvalue weighted by Gasteiger charge is 2.06. The van der Waals surface area contributed by atoms with E-state index in [0.717, 1.165) is 5.56 Å². The molecule has 2 N–H and O–H groups in total. The van der Waals surface area contributed by atoms with E-state index < -0.39 is 0 Å². The first-order chi connectivity index (χ1) is 9.31. The van der Waals surface area contributed by atoms with Crippen molar-refractivity contribution in [1.29, 1.82) is 0 Å². The number of aromatic amines is 1. The molecule has 0 saturated carbocycles. The van der Waals surface area contributed by atoms with Gasteiger partial charge in [0.05, 0.1) is 0 Å². The highest BCUT2D eigenvalue weighted by Crippen LogP contribution is 2.19.